The average Bonchev–Trinajstić information content (AvgIpc) is 1.99. The van der Waals surface area contributed by atoms with Crippen LogP contribution in [0, 0.1) is 0 Å². The van der Waals surface area contributed by atoms with E-state index >= 15 is 0 Å². The van der Waals surface area contributed by atoms with Crippen molar-refractivity contribution < 1.29 is 14.6 Å². The maximum Gasteiger partial charge on any atom is 0.330 e. The summed E-state index contributed by atoms with van der Waals surface area (Å²) < 4.78 is 4.56. The molecule has 0 aromatic rings. The van der Waals surface area contributed by atoms with Gasteiger partial charge in [0.1, 0.15) is 6.10 Å². The molecule has 0 amide bonds. The molecule has 4 heteroatoms. The quantitative estimate of drug-likeness (QED) is 0.370. The Bertz CT molecular complexity index is 120. The molecule has 3 nitrogen and oxygen atoms in total. The zero-order valence-electron chi connectivity index (χ0n) is 5.42. The van der Waals surface area contributed by atoms with Crippen LogP contribution in [0.15, 0.2) is 12.7 Å². The number of aliphatic hydroxyl groups excluding tert-OH is 1. The van der Waals surface area contributed by atoms with Crippen molar-refractivity contribution in [2.75, 3.05) is 12.5 Å². The number of aliphatic hydroxyl groups is 1. The molecule has 0 aliphatic rings. The van der Waals surface area contributed by atoms with Crippen molar-refractivity contribution in [2.45, 2.75) is 6.10 Å². The van der Waals surface area contributed by atoms with E-state index in [1.165, 1.54) is 0 Å². The first-order valence-corrected chi connectivity index (χ1v) is 3.28. The lowest BCUT2D eigenvalue weighted by molar-refractivity contribution is -0.143. The minimum Gasteiger partial charge on any atom is -0.456 e. The van der Waals surface area contributed by atoms with E-state index in [-0.39, 0.29) is 12.5 Å². The van der Waals surface area contributed by atoms with Crippen molar-refractivity contribution in [1.82, 2.24) is 0 Å². The van der Waals surface area contributed by atoms with Gasteiger partial charge in [-0.25, -0.2) is 4.79 Å². The molecule has 0 spiro atoms. The highest BCUT2D eigenvalue weighted by atomic mass is 35.5. The highest BCUT2D eigenvalue weighted by molar-refractivity contribution is 6.18. The Morgan fingerprint density at radius 3 is 2.80 bits per heavy atom. The van der Waals surface area contributed by atoms with Gasteiger partial charge in [0.15, 0.2) is 0 Å². The third kappa shape index (κ3) is 3.48. The van der Waals surface area contributed by atoms with Crippen LogP contribution in [0.5, 0.6) is 0 Å². The Kier molecular flexibility index (Phi) is 4.98. The van der Waals surface area contributed by atoms with Gasteiger partial charge in [-0.3, -0.25) is 0 Å². The minimum atomic E-state index is -0.618. The Hall–Kier alpha value is -0.540. The summed E-state index contributed by atoms with van der Waals surface area (Å²) in [4.78, 5) is 10.4. The predicted molar refractivity (Wildman–Crippen MR) is 37.9 cm³/mol. The summed E-state index contributed by atoms with van der Waals surface area (Å²) in [5.41, 5.74) is 0. The van der Waals surface area contributed by atoms with Crippen LogP contribution in [0.1, 0.15) is 0 Å². The number of hydrogen-bond acceptors (Lipinski definition) is 3. The minimum absolute atomic E-state index is 0.0933. The van der Waals surface area contributed by atoms with Crippen LogP contribution in [0.2, 0.25) is 0 Å². The summed E-state index contributed by atoms with van der Waals surface area (Å²) in [5.74, 6) is -0.476. The van der Waals surface area contributed by atoms with Gasteiger partial charge in [-0.05, 0) is 0 Å². The Morgan fingerprint density at radius 1 is 1.90 bits per heavy atom. The number of halogens is 1. The molecule has 0 heterocycles. The second kappa shape index (κ2) is 5.26. The van der Waals surface area contributed by atoms with Gasteiger partial charge in [0, 0.05) is 6.08 Å². The molecule has 0 aliphatic carbocycles. The fourth-order valence-electron chi connectivity index (χ4n) is 0.330. The summed E-state index contributed by atoms with van der Waals surface area (Å²) in [6.45, 7) is 2.92. The summed E-state index contributed by atoms with van der Waals surface area (Å²) >= 11 is 5.30. The van der Waals surface area contributed by atoms with E-state index in [0.717, 1.165) is 6.08 Å². The fourth-order valence-corrected chi connectivity index (χ4v) is 0.491. The van der Waals surface area contributed by atoms with Gasteiger partial charge < -0.3 is 9.84 Å². The van der Waals surface area contributed by atoms with E-state index in [9.17, 15) is 4.79 Å². The van der Waals surface area contributed by atoms with Gasteiger partial charge in [0.2, 0.25) is 0 Å². The summed E-state index contributed by atoms with van der Waals surface area (Å²) in [6.07, 6.45) is 0.405. The van der Waals surface area contributed by atoms with Crippen molar-refractivity contribution in [3.05, 3.63) is 12.7 Å². The molecular formula is C6H9ClO3. The molecule has 10 heavy (non-hydrogen) atoms. The number of carbonyl (C=O) groups excluding carboxylic acids is 1. The van der Waals surface area contributed by atoms with Crippen LogP contribution < -0.4 is 0 Å². The third-order valence-corrected chi connectivity index (χ3v) is 1.17. The van der Waals surface area contributed by atoms with Crippen LogP contribution in [0.4, 0.5) is 0 Å². The van der Waals surface area contributed by atoms with Crippen molar-refractivity contribution in [3.8, 4) is 0 Å². The molecular weight excluding hydrogens is 156 g/mol. The molecule has 0 bridgehead atoms. The number of rotatable bonds is 4. The predicted octanol–water partition coefficient (Wildman–Crippen LogP) is 0.315. The second-order valence-corrected chi connectivity index (χ2v) is 1.91. The molecule has 0 fully saturated rings. The van der Waals surface area contributed by atoms with Crippen molar-refractivity contribution in [1.29, 1.82) is 0 Å². The van der Waals surface area contributed by atoms with Crippen LogP contribution >= 0.6 is 11.6 Å². The van der Waals surface area contributed by atoms with Gasteiger partial charge in [0.25, 0.3) is 0 Å². The van der Waals surface area contributed by atoms with E-state index in [0.29, 0.717) is 0 Å². The lowest BCUT2D eigenvalue weighted by Crippen LogP contribution is -2.22. The summed E-state index contributed by atoms with van der Waals surface area (Å²) in [6, 6.07) is 0. The Morgan fingerprint density at radius 2 is 2.50 bits per heavy atom. The first-order chi connectivity index (χ1) is 4.74. The zero-order chi connectivity index (χ0) is 7.98. The van der Waals surface area contributed by atoms with Crippen LogP contribution in [-0.4, -0.2) is 29.7 Å². The third-order valence-electron chi connectivity index (χ3n) is 0.825. The van der Waals surface area contributed by atoms with Gasteiger partial charge in [-0.2, -0.15) is 0 Å². The highest BCUT2D eigenvalue weighted by Gasteiger charge is 2.08. The van der Waals surface area contributed by atoms with E-state index < -0.39 is 12.1 Å². The van der Waals surface area contributed by atoms with Gasteiger partial charge in [-0.15, -0.1) is 11.6 Å². The lowest BCUT2D eigenvalue weighted by atomic mass is 10.4. The normalized spacial score (nSPS) is 12.2. The number of esters is 1. The van der Waals surface area contributed by atoms with Gasteiger partial charge in [-0.1, -0.05) is 6.58 Å². The van der Waals surface area contributed by atoms with E-state index in [2.05, 4.69) is 11.3 Å². The first-order valence-electron chi connectivity index (χ1n) is 2.74. The standard InChI is InChI=1S/C6H9ClO3/c1-2-6(9)10-5(3-7)4-8/h2,5,8H,1,3-4H2. The number of hydrogen-bond donors (Lipinski definition) is 1. The molecule has 0 aromatic carbocycles. The van der Waals surface area contributed by atoms with Crippen molar-refractivity contribution >= 4 is 17.6 Å². The Balaban J connectivity index is 3.62. The second-order valence-electron chi connectivity index (χ2n) is 1.60. The zero-order valence-corrected chi connectivity index (χ0v) is 6.17. The SMILES string of the molecule is C=CC(=O)OC(CO)CCl. The monoisotopic (exact) mass is 164 g/mol. The topological polar surface area (TPSA) is 46.5 Å². The largest absolute Gasteiger partial charge is 0.456 e. The van der Waals surface area contributed by atoms with E-state index in [1.54, 1.807) is 0 Å². The molecule has 0 rings (SSSR count). The highest BCUT2D eigenvalue weighted by Crippen LogP contribution is 1.94. The molecule has 1 unspecified atom stereocenters. The Labute approximate surface area is 64.2 Å². The molecule has 0 saturated carbocycles. The molecule has 0 aromatic heterocycles. The molecule has 1 N–H and O–H groups in total. The van der Waals surface area contributed by atoms with Gasteiger partial charge in [0.05, 0.1) is 12.5 Å². The maximum absolute atomic E-state index is 10.4. The summed E-state index contributed by atoms with van der Waals surface area (Å²) in [5, 5.41) is 8.47. The van der Waals surface area contributed by atoms with Gasteiger partial charge >= 0.3 is 5.97 Å². The average molecular weight is 165 g/mol. The molecule has 0 radical (unpaired) electrons. The van der Waals surface area contributed by atoms with Crippen LogP contribution in [0.25, 0.3) is 0 Å². The first kappa shape index (κ1) is 9.46. The molecule has 0 saturated heterocycles. The molecule has 1 atom stereocenters. The van der Waals surface area contributed by atoms with E-state index in [4.69, 9.17) is 16.7 Å². The van der Waals surface area contributed by atoms with Crippen molar-refractivity contribution in [3.63, 3.8) is 0 Å². The maximum atomic E-state index is 10.4. The number of ether oxygens (including phenoxy) is 1. The fraction of sp³-hybridized carbons (Fsp3) is 0.500. The smallest absolute Gasteiger partial charge is 0.330 e. The molecule has 0 aliphatic heterocycles. The number of alkyl halides is 1. The van der Waals surface area contributed by atoms with Crippen LogP contribution in [0.3, 0.4) is 0 Å². The van der Waals surface area contributed by atoms with Crippen molar-refractivity contribution in [2.24, 2.45) is 0 Å². The van der Waals surface area contributed by atoms with E-state index in [1.807, 2.05) is 0 Å². The molecule has 58 valence electrons. The van der Waals surface area contributed by atoms with Crippen LogP contribution in [-0.2, 0) is 9.53 Å². The number of carbonyl (C=O) groups is 1. The lowest BCUT2D eigenvalue weighted by Gasteiger charge is -2.09. The summed E-state index contributed by atoms with van der Waals surface area (Å²) in [7, 11) is 0.